The minimum absolute atomic E-state index is 0.000809. The van der Waals surface area contributed by atoms with E-state index in [1.807, 2.05) is 32.0 Å². The zero-order chi connectivity index (χ0) is 32.4. The maximum Gasteiger partial charge on any atom is 0.573 e. The second-order valence-corrected chi connectivity index (χ2v) is 10.4. The molecule has 0 aliphatic carbocycles. The summed E-state index contributed by atoms with van der Waals surface area (Å²) in [6.45, 7) is 3.84. The number of aliphatic imine (C=N–C) groups is 3. The topological polar surface area (TPSA) is 96.7 Å². The number of nitrogens with one attached hydrogen (secondary N) is 1. The molecular weight excluding hydrogens is 611 g/mol. The molecule has 7 nitrogen and oxygen atoms in total. The van der Waals surface area contributed by atoms with Crippen molar-refractivity contribution in [3.8, 4) is 5.75 Å². The fraction of sp³-hybridized carbons (Fsp3) is 0.125. The van der Waals surface area contributed by atoms with Crippen molar-refractivity contribution in [3.63, 3.8) is 0 Å². The molecule has 0 amide bonds. The van der Waals surface area contributed by atoms with Crippen molar-refractivity contribution in [1.29, 1.82) is 0 Å². The van der Waals surface area contributed by atoms with Gasteiger partial charge in [-0.1, -0.05) is 60.3 Å². The van der Waals surface area contributed by atoms with Gasteiger partial charge >= 0.3 is 6.36 Å². The number of alkyl halides is 3. The summed E-state index contributed by atoms with van der Waals surface area (Å²) in [4.78, 5) is 12.8. The molecule has 0 fully saturated rings. The largest absolute Gasteiger partial charge is 0.573 e. The molecule has 4 aromatic carbocycles. The molecule has 3 N–H and O–H groups in total. The number of benzene rings is 4. The van der Waals surface area contributed by atoms with Crippen molar-refractivity contribution in [3.05, 3.63) is 124 Å². The minimum Gasteiger partial charge on any atom is -0.406 e. The molecule has 0 bridgehead atoms. The van der Waals surface area contributed by atoms with E-state index in [4.69, 9.17) is 5.73 Å². The van der Waals surface area contributed by atoms with Crippen LogP contribution in [0, 0.1) is 25.5 Å². The van der Waals surface area contributed by atoms with Gasteiger partial charge in [0.25, 0.3) is 0 Å². The lowest BCUT2D eigenvalue weighted by molar-refractivity contribution is -0.274. The maximum absolute atomic E-state index is 14.2. The molecule has 0 spiro atoms. The number of hydrogen-bond donors (Lipinski definition) is 2. The van der Waals surface area contributed by atoms with Crippen molar-refractivity contribution < 1.29 is 26.7 Å². The highest BCUT2D eigenvalue weighted by Crippen LogP contribution is 2.27. The Hall–Kier alpha value is -5.04. The number of amidine groups is 2. The normalized spacial score (nSPS) is 12.7. The molecule has 0 radical (unpaired) electrons. The molecule has 0 saturated heterocycles. The molecule has 0 heterocycles. The van der Waals surface area contributed by atoms with Gasteiger partial charge in [0.2, 0.25) is 0 Å². The predicted octanol–water partition coefficient (Wildman–Crippen LogP) is 8.09. The van der Waals surface area contributed by atoms with E-state index in [1.54, 1.807) is 30.5 Å². The molecule has 0 aliphatic heterocycles. The van der Waals surface area contributed by atoms with E-state index in [0.29, 0.717) is 22.0 Å². The Bertz CT molecular complexity index is 1700. The molecule has 0 aromatic heterocycles. The van der Waals surface area contributed by atoms with Crippen molar-refractivity contribution in [2.45, 2.75) is 26.0 Å². The minimum atomic E-state index is -4.77. The van der Waals surface area contributed by atoms with Crippen LogP contribution in [-0.2, 0) is 5.75 Å². The molecule has 0 aliphatic rings. The number of aryl methyl sites for hydroxylation is 2. The van der Waals surface area contributed by atoms with Crippen LogP contribution in [0.25, 0.3) is 0 Å². The Kier molecular flexibility index (Phi) is 11.0. The summed E-state index contributed by atoms with van der Waals surface area (Å²) < 4.78 is 69.1. The summed E-state index contributed by atoms with van der Waals surface area (Å²) in [7, 11) is 0. The Morgan fingerprint density at radius 3 is 2.13 bits per heavy atom. The van der Waals surface area contributed by atoms with Crippen LogP contribution in [0.4, 0.5) is 33.3 Å². The number of halogens is 5. The van der Waals surface area contributed by atoms with Crippen LogP contribution in [0.15, 0.2) is 105 Å². The first-order valence-corrected chi connectivity index (χ1v) is 14.3. The number of nitrogens with zero attached hydrogens (tertiary/aromatic N) is 4. The summed E-state index contributed by atoms with van der Waals surface area (Å²) in [5.41, 5.74) is 13.1. The Labute approximate surface area is 260 Å². The molecule has 4 aromatic rings. The van der Waals surface area contributed by atoms with Gasteiger partial charge in [-0.2, -0.15) is 5.10 Å². The van der Waals surface area contributed by atoms with Crippen LogP contribution in [0.1, 0.15) is 27.8 Å². The number of hydrogen-bond acceptors (Lipinski definition) is 5. The third-order valence-electron chi connectivity index (χ3n) is 6.12. The highest BCUT2D eigenvalue weighted by Gasteiger charge is 2.30. The SMILES string of the molecule is Cc1cccc(C)c1N=C(N/N=C/c1ccc(C(N)=NC=Nc2ccc(OC(F)(F)F)cc2)cc1)SCc1c(F)cccc1F. The number of nitrogens with two attached hydrogens (primary N) is 1. The van der Waals surface area contributed by atoms with Crippen LogP contribution in [0.5, 0.6) is 5.75 Å². The van der Waals surface area contributed by atoms with E-state index >= 15 is 0 Å². The summed E-state index contributed by atoms with van der Waals surface area (Å²) in [6.07, 6.45) is -2.03. The van der Waals surface area contributed by atoms with E-state index in [9.17, 15) is 22.0 Å². The lowest BCUT2D eigenvalue weighted by Gasteiger charge is -2.10. The monoisotopic (exact) mass is 638 g/mol. The molecule has 232 valence electrons. The number of hydrazone groups is 1. The van der Waals surface area contributed by atoms with E-state index in [2.05, 4.69) is 30.2 Å². The third kappa shape index (κ3) is 10.00. The lowest BCUT2D eigenvalue weighted by atomic mass is 10.1. The van der Waals surface area contributed by atoms with E-state index < -0.39 is 18.0 Å². The van der Waals surface area contributed by atoms with Crippen LogP contribution < -0.4 is 15.9 Å². The van der Waals surface area contributed by atoms with E-state index in [0.717, 1.165) is 40.7 Å². The summed E-state index contributed by atoms with van der Waals surface area (Å²) in [5.74, 6) is -1.47. The van der Waals surface area contributed by atoms with Gasteiger partial charge in [-0.25, -0.2) is 23.8 Å². The predicted molar refractivity (Wildman–Crippen MR) is 170 cm³/mol. The fourth-order valence-corrected chi connectivity index (χ4v) is 4.68. The van der Waals surface area contributed by atoms with Gasteiger partial charge in [0.05, 0.1) is 17.6 Å². The Balaban J connectivity index is 1.42. The van der Waals surface area contributed by atoms with Crippen LogP contribution in [-0.4, -0.2) is 29.9 Å². The van der Waals surface area contributed by atoms with Crippen molar-refractivity contribution in [2.75, 3.05) is 0 Å². The second-order valence-electron chi connectivity index (χ2n) is 9.44. The zero-order valence-corrected chi connectivity index (χ0v) is 24.8. The molecule has 0 unspecified atom stereocenters. The molecule has 45 heavy (non-hydrogen) atoms. The fourth-order valence-electron chi connectivity index (χ4n) is 3.85. The first-order valence-electron chi connectivity index (χ1n) is 13.3. The first kappa shape index (κ1) is 32.9. The molecular formula is C32H27F5N6OS. The zero-order valence-electron chi connectivity index (χ0n) is 24.0. The number of para-hydroxylation sites is 1. The Morgan fingerprint density at radius 2 is 1.51 bits per heavy atom. The van der Waals surface area contributed by atoms with Crippen LogP contribution in [0.2, 0.25) is 0 Å². The standard InChI is InChI=1S/C32H27F5N6OS/c1-20-5-3-6-21(2)29(20)42-31(45-18-26-27(33)7-4-8-28(26)34)43-41-17-22-9-11-23(12-10-22)30(38)40-19-39-24-13-15-25(16-14-24)44-32(35,36)37/h3-17,19H,18H2,1-2H3,(H,42,43)(H2,38,39,40)/b41-17+. The molecule has 0 saturated carbocycles. The summed E-state index contributed by atoms with van der Waals surface area (Å²) in [5, 5.41) is 4.62. The average molecular weight is 639 g/mol. The quantitative estimate of drug-likeness (QED) is 0.0838. The van der Waals surface area contributed by atoms with Gasteiger partial charge in [-0.15, -0.1) is 13.2 Å². The highest BCUT2D eigenvalue weighted by atomic mass is 32.2. The van der Waals surface area contributed by atoms with Crippen molar-refractivity contribution in [2.24, 2.45) is 25.8 Å². The first-order chi connectivity index (χ1) is 21.5. The maximum atomic E-state index is 14.2. The second kappa shape index (κ2) is 15.1. The van der Waals surface area contributed by atoms with Gasteiger partial charge < -0.3 is 10.5 Å². The molecule has 13 heteroatoms. The third-order valence-corrected chi connectivity index (χ3v) is 7.01. The van der Waals surface area contributed by atoms with Gasteiger partial charge in [0, 0.05) is 16.9 Å². The highest BCUT2D eigenvalue weighted by molar-refractivity contribution is 8.13. The van der Waals surface area contributed by atoms with Gasteiger partial charge in [-0.05, 0) is 66.9 Å². The average Bonchev–Trinajstić information content (AvgIpc) is 2.99. The van der Waals surface area contributed by atoms with Crippen LogP contribution in [0.3, 0.4) is 0 Å². The van der Waals surface area contributed by atoms with Gasteiger partial charge in [0.15, 0.2) is 5.17 Å². The van der Waals surface area contributed by atoms with Crippen molar-refractivity contribution >= 4 is 46.7 Å². The van der Waals surface area contributed by atoms with Crippen molar-refractivity contribution in [1.82, 2.24) is 5.43 Å². The number of rotatable bonds is 9. The number of thioether (sulfide) groups is 1. The van der Waals surface area contributed by atoms with Gasteiger partial charge in [-0.3, -0.25) is 5.43 Å². The van der Waals surface area contributed by atoms with E-state index in [1.165, 1.54) is 36.7 Å². The Morgan fingerprint density at radius 1 is 0.889 bits per heavy atom. The summed E-state index contributed by atoms with van der Waals surface area (Å²) in [6, 6.07) is 21.4. The molecule has 0 atom stereocenters. The lowest BCUT2D eigenvalue weighted by Crippen LogP contribution is -2.16. The van der Waals surface area contributed by atoms with Gasteiger partial charge in [0.1, 0.15) is 29.6 Å². The summed E-state index contributed by atoms with van der Waals surface area (Å²) >= 11 is 1.11. The molecule has 4 rings (SSSR count). The smallest absolute Gasteiger partial charge is 0.406 e. The van der Waals surface area contributed by atoms with Crippen LogP contribution >= 0.6 is 11.8 Å². The van der Waals surface area contributed by atoms with E-state index in [-0.39, 0.29) is 22.9 Å². The number of ether oxygens (including phenoxy) is 1.